The third kappa shape index (κ3) is 2.31. The maximum atomic E-state index is 12.1. The zero-order chi connectivity index (χ0) is 16.7. The Morgan fingerprint density at radius 1 is 1.29 bits per heavy atom. The van der Waals surface area contributed by atoms with Crippen LogP contribution in [0, 0.1) is 0 Å². The van der Waals surface area contributed by atoms with Crippen LogP contribution in [-0.2, 0) is 6.42 Å². The van der Waals surface area contributed by atoms with Crippen molar-refractivity contribution in [3.63, 3.8) is 0 Å². The number of nitrogens with one attached hydrogen (secondary N) is 1. The molecule has 1 N–H and O–H groups in total. The van der Waals surface area contributed by atoms with Gasteiger partial charge < -0.3 is 9.88 Å². The molecule has 6 heteroatoms. The lowest BCUT2D eigenvalue weighted by molar-refractivity contribution is 0.0946. The van der Waals surface area contributed by atoms with Crippen molar-refractivity contribution in [2.45, 2.75) is 26.3 Å². The predicted octanol–water partition coefficient (Wildman–Crippen LogP) is 2.60. The number of rotatable bonds is 3. The Kier molecular flexibility index (Phi) is 3.45. The molecule has 1 aromatic carbocycles. The van der Waals surface area contributed by atoms with Gasteiger partial charge in [-0.25, -0.2) is 9.97 Å². The van der Waals surface area contributed by atoms with Crippen molar-refractivity contribution in [2.75, 3.05) is 6.54 Å². The van der Waals surface area contributed by atoms with Crippen molar-refractivity contribution >= 4 is 5.91 Å². The van der Waals surface area contributed by atoms with Crippen LogP contribution in [0.5, 0.6) is 0 Å². The number of amides is 1. The Bertz CT molecular complexity index is 906. The van der Waals surface area contributed by atoms with Crippen molar-refractivity contribution < 1.29 is 4.79 Å². The summed E-state index contributed by atoms with van der Waals surface area (Å²) in [5.74, 6) is 0.810. The lowest BCUT2D eigenvalue weighted by atomic mass is 10.00. The molecule has 1 aliphatic heterocycles. The highest BCUT2D eigenvalue weighted by molar-refractivity contribution is 5.97. The first-order valence-electron chi connectivity index (χ1n) is 8.12. The van der Waals surface area contributed by atoms with Gasteiger partial charge in [0, 0.05) is 36.2 Å². The number of hydrogen-bond donors (Lipinski definition) is 1. The molecule has 2 aromatic heterocycles. The summed E-state index contributed by atoms with van der Waals surface area (Å²) in [5, 5.41) is 2.90. The minimum absolute atomic E-state index is 0.00742. The first-order chi connectivity index (χ1) is 11.6. The van der Waals surface area contributed by atoms with Gasteiger partial charge in [-0.15, -0.1) is 0 Å². The summed E-state index contributed by atoms with van der Waals surface area (Å²) in [7, 11) is 0. The van der Waals surface area contributed by atoms with Crippen LogP contribution in [0.4, 0.5) is 0 Å². The van der Waals surface area contributed by atoms with E-state index in [2.05, 4.69) is 33.7 Å². The number of carbonyl (C=O) groups is 1. The average Bonchev–Trinajstić information content (AvgIpc) is 3.23. The van der Waals surface area contributed by atoms with Crippen molar-refractivity contribution in [3.05, 3.63) is 54.2 Å². The SMILES string of the molecule is CC(C)n1cncc1-c1nccn1-c1ccc2c(c1)C(=O)NCC2. The molecule has 0 aliphatic carbocycles. The van der Waals surface area contributed by atoms with Crippen LogP contribution < -0.4 is 5.32 Å². The molecule has 6 nitrogen and oxygen atoms in total. The molecule has 0 unspecified atom stereocenters. The Hall–Kier alpha value is -2.89. The number of benzene rings is 1. The van der Waals surface area contributed by atoms with E-state index in [-0.39, 0.29) is 5.91 Å². The molecule has 1 amide bonds. The Balaban J connectivity index is 1.82. The Morgan fingerprint density at radius 3 is 3.00 bits per heavy atom. The third-order valence-corrected chi connectivity index (χ3v) is 4.39. The molecule has 4 rings (SSSR count). The molecule has 0 saturated heterocycles. The minimum Gasteiger partial charge on any atom is -0.352 e. The van der Waals surface area contributed by atoms with E-state index >= 15 is 0 Å². The van der Waals surface area contributed by atoms with Crippen molar-refractivity contribution in [1.82, 2.24) is 24.4 Å². The molecule has 0 bridgehead atoms. The lowest BCUT2D eigenvalue weighted by Crippen LogP contribution is -2.31. The van der Waals surface area contributed by atoms with Crippen LogP contribution in [0.25, 0.3) is 17.2 Å². The zero-order valence-electron chi connectivity index (χ0n) is 13.7. The molecule has 0 atom stereocenters. The average molecular weight is 321 g/mol. The van der Waals surface area contributed by atoms with Gasteiger partial charge in [0.2, 0.25) is 0 Å². The zero-order valence-corrected chi connectivity index (χ0v) is 13.7. The van der Waals surface area contributed by atoms with E-state index in [0.717, 1.165) is 34.8 Å². The molecule has 122 valence electrons. The molecule has 0 radical (unpaired) electrons. The van der Waals surface area contributed by atoms with Gasteiger partial charge in [-0.1, -0.05) is 6.07 Å². The van der Waals surface area contributed by atoms with Gasteiger partial charge in [0.25, 0.3) is 5.91 Å². The van der Waals surface area contributed by atoms with Crippen LogP contribution in [0.3, 0.4) is 0 Å². The van der Waals surface area contributed by atoms with Gasteiger partial charge in [-0.05, 0) is 38.0 Å². The highest BCUT2D eigenvalue weighted by Crippen LogP contribution is 2.25. The number of hydrogen-bond acceptors (Lipinski definition) is 3. The van der Waals surface area contributed by atoms with Crippen LogP contribution >= 0.6 is 0 Å². The summed E-state index contributed by atoms with van der Waals surface area (Å²) in [4.78, 5) is 20.9. The number of aromatic nitrogens is 4. The molecular formula is C18H19N5O. The predicted molar refractivity (Wildman–Crippen MR) is 91.2 cm³/mol. The molecule has 1 aliphatic rings. The van der Waals surface area contributed by atoms with E-state index in [1.54, 1.807) is 6.20 Å². The van der Waals surface area contributed by atoms with E-state index in [1.165, 1.54) is 0 Å². The van der Waals surface area contributed by atoms with Crippen molar-refractivity contribution in [2.24, 2.45) is 0 Å². The largest absolute Gasteiger partial charge is 0.352 e. The summed E-state index contributed by atoms with van der Waals surface area (Å²) in [6.07, 6.45) is 8.20. The second kappa shape index (κ2) is 5.63. The smallest absolute Gasteiger partial charge is 0.251 e. The minimum atomic E-state index is -0.00742. The maximum absolute atomic E-state index is 12.1. The van der Waals surface area contributed by atoms with Crippen LogP contribution in [0.1, 0.15) is 35.8 Å². The maximum Gasteiger partial charge on any atom is 0.251 e. The van der Waals surface area contributed by atoms with E-state index in [0.29, 0.717) is 12.6 Å². The third-order valence-electron chi connectivity index (χ3n) is 4.39. The quantitative estimate of drug-likeness (QED) is 0.806. The summed E-state index contributed by atoms with van der Waals surface area (Å²) in [6.45, 7) is 4.93. The Morgan fingerprint density at radius 2 is 2.17 bits per heavy atom. The van der Waals surface area contributed by atoms with E-state index in [1.807, 2.05) is 41.5 Å². The van der Waals surface area contributed by atoms with Crippen molar-refractivity contribution in [3.8, 4) is 17.2 Å². The molecule has 0 saturated carbocycles. The summed E-state index contributed by atoms with van der Waals surface area (Å²) in [5.41, 5.74) is 3.72. The first kappa shape index (κ1) is 14.7. The van der Waals surface area contributed by atoms with Crippen molar-refractivity contribution in [1.29, 1.82) is 0 Å². The van der Waals surface area contributed by atoms with E-state index in [9.17, 15) is 4.79 Å². The lowest BCUT2D eigenvalue weighted by Gasteiger charge is -2.18. The standard InChI is InChI=1S/C18H19N5O/c1-12(2)23-11-19-10-16(23)17-20-7-8-22(17)14-4-3-13-5-6-21-18(24)15(13)9-14/h3-4,7-12H,5-6H2,1-2H3,(H,21,24). The molecule has 0 fully saturated rings. The van der Waals surface area contributed by atoms with Gasteiger partial charge >= 0.3 is 0 Å². The normalized spacial score (nSPS) is 13.9. The topological polar surface area (TPSA) is 64.7 Å². The first-order valence-corrected chi connectivity index (χ1v) is 8.12. The fourth-order valence-electron chi connectivity index (χ4n) is 3.14. The highest BCUT2D eigenvalue weighted by atomic mass is 16.1. The number of imidazole rings is 2. The van der Waals surface area contributed by atoms with E-state index in [4.69, 9.17) is 0 Å². The fraction of sp³-hybridized carbons (Fsp3) is 0.278. The molecule has 3 aromatic rings. The molecular weight excluding hydrogens is 302 g/mol. The number of nitrogens with zero attached hydrogens (tertiary/aromatic N) is 4. The summed E-state index contributed by atoms with van der Waals surface area (Å²) >= 11 is 0. The molecule has 0 spiro atoms. The van der Waals surface area contributed by atoms with Crippen LogP contribution in [0.15, 0.2) is 43.1 Å². The van der Waals surface area contributed by atoms with Gasteiger partial charge in [-0.2, -0.15) is 0 Å². The second-order valence-electron chi connectivity index (χ2n) is 6.25. The highest BCUT2D eigenvalue weighted by Gasteiger charge is 2.19. The van der Waals surface area contributed by atoms with Gasteiger partial charge in [0.1, 0.15) is 5.69 Å². The second-order valence-corrected chi connectivity index (χ2v) is 6.25. The van der Waals surface area contributed by atoms with Gasteiger partial charge in [0.05, 0.1) is 12.5 Å². The molecule has 24 heavy (non-hydrogen) atoms. The summed E-state index contributed by atoms with van der Waals surface area (Å²) in [6, 6.07) is 6.30. The Labute approximate surface area is 140 Å². The molecule has 3 heterocycles. The summed E-state index contributed by atoms with van der Waals surface area (Å²) < 4.78 is 4.09. The van der Waals surface area contributed by atoms with Gasteiger partial charge in [-0.3, -0.25) is 9.36 Å². The van der Waals surface area contributed by atoms with Crippen LogP contribution in [0.2, 0.25) is 0 Å². The van der Waals surface area contributed by atoms with Crippen LogP contribution in [-0.4, -0.2) is 31.6 Å². The number of carbonyl (C=O) groups excluding carboxylic acids is 1. The van der Waals surface area contributed by atoms with E-state index < -0.39 is 0 Å². The van der Waals surface area contributed by atoms with Gasteiger partial charge in [0.15, 0.2) is 5.82 Å². The fourth-order valence-corrected chi connectivity index (χ4v) is 3.14. The number of fused-ring (bicyclic) bond motifs is 1. The monoisotopic (exact) mass is 321 g/mol.